The minimum Gasteiger partial charge on any atom is -0.493 e. The molecule has 4 rings (SSSR count). The van der Waals surface area contributed by atoms with Gasteiger partial charge in [-0.2, -0.15) is 9.78 Å². The summed E-state index contributed by atoms with van der Waals surface area (Å²) in [6, 6.07) is 14.6. The van der Waals surface area contributed by atoms with Gasteiger partial charge in [0.05, 0.1) is 28.7 Å². The van der Waals surface area contributed by atoms with Crippen LogP contribution in [-0.4, -0.2) is 23.0 Å². The fourth-order valence-corrected chi connectivity index (χ4v) is 4.81. The van der Waals surface area contributed by atoms with Gasteiger partial charge in [-0.25, -0.2) is 4.98 Å². The molecule has 0 radical (unpaired) electrons. The Bertz CT molecular complexity index is 1490. The smallest absolute Gasteiger partial charge is 0.282 e. The zero-order valence-electron chi connectivity index (χ0n) is 18.7. The number of rotatable bonds is 7. The zero-order chi connectivity index (χ0) is 25.1. The Morgan fingerprint density at radius 2 is 1.83 bits per heavy atom. The molecule has 3 aromatic carbocycles. The molecule has 0 fully saturated rings. The molecule has 0 unspecified atom stereocenters. The Labute approximate surface area is 232 Å². The van der Waals surface area contributed by atoms with Crippen LogP contribution in [0.2, 0.25) is 5.02 Å². The number of nitrogens with zero attached hydrogens (tertiary/aromatic N) is 3. The van der Waals surface area contributed by atoms with E-state index in [0.717, 1.165) is 10.0 Å². The van der Waals surface area contributed by atoms with E-state index in [9.17, 15) is 4.79 Å². The van der Waals surface area contributed by atoms with Crippen molar-refractivity contribution in [1.82, 2.24) is 9.66 Å². The number of hydrogen-bond donors (Lipinski definition) is 0. The summed E-state index contributed by atoms with van der Waals surface area (Å²) in [7, 11) is 1.57. The van der Waals surface area contributed by atoms with E-state index in [0.29, 0.717) is 60.8 Å². The van der Waals surface area contributed by atoms with Crippen LogP contribution in [0.1, 0.15) is 23.9 Å². The molecule has 0 amide bonds. The average molecular weight is 685 g/mol. The van der Waals surface area contributed by atoms with E-state index >= 15 is 0 Å². The number of fused-ring (bicyclic) bond motifs is 1. The van der Waals surface area contributed by atoms with Crippen LogP contribution in [0.4, 0.5) is 0 Å². The Hall–Kier alpha value is -2.20. The summed E-state index contributed by atoms with van der Waals surface area (Å²) >= 11 is 16.6. The van der Waals surface area contributed by atoms with Crippen LogP contribution in [0.5, 0.6) is 11.5 Å². The number of aryl methyl sites for hydroxylation is 1. The number of methoxy groups -OCH3 is 1. The Kier molecular flexibility index (Phi) is 8.31. The lowest BCUT2D eigenvalue weighted by Crippen LogP contribution is -2.22. The molecule has 35 heavy (non-hydrogen) atoms. The Balaban J connectivity index is 1.70. The highest BCUT2D eigenvalue weighted by Gasteiger charge is 2.17. The molecule has 0 aliphatic heterocycles. The van der Waals surface area contributed by atoms with Crippen LogP contribution in [0.3, 0.4) is 0 Å². The third-order valence-electron chi connectivity index (χ3n) is 5.18. The van der Waals surface area contributed by atoms with Crippen molar-refractivity contribution in [1.29, 1.82) is 0 Å². The standard InChI is InChI=1S/C25H19Br3ClN3O3/c1-3-21-31-19-9-6-16(26)11-18(19)25(33)32(21)30-12-15-10-20(34-2)24(23(28)22(15)27)35-13-14-4-7-17(29)8-5-14/h4-12H,3,13H2,1-2H3. The second-order valence-electron chi connectivity index (χ2n) is 7.44. The summed E-state index contributed by atoms with van der Waals surface area (Å²) in [4.78, 5) is 17.8. The van der Waals surface area contributed by atoms with Gasteiger partial charge >= 0.3 is 0 Å². The number of hydrogen-bond acceptors (Lipinski definition) is 5. The van der Waals surface area contributed by atoms with Crippen molar-refractivity contribution in [3.8, 4) is 11.5 Å². The normalized spacial score (nSPS) is 11.4. The molecule has 0 aliphatic carbocycles. The first-order chi connectivity index (χ1) is 16.8. The lowest BCUT2D eigenvalue weighted by atomic mass is 10.2. The fourth-order valence-electron chi connectivity index (χ4n) is 3.38. The molecule has 10 heteroatoms. The summed E-state index contributed by atoms with van der Waals surface area (Å²) in [5, 5.41) is 5.63. The van der Waals surface area contributed by atoms with Crippen LogP contribution >= 0.6 is 59.4 Å². The van der Waals surface area contributed by atoms with E-state index in [1.54, 1.807) is 25.5 Å². The van der Waals surface area contributed by atoms with E-state index in [4.69, 9.17) is 21.1 Å². The van der Waals surface area contributed by atoms with Gasteiger partial charge < -0.3 is 9.47 Å². The van der Waals surface area contributed by atoms with E-state index in [1.165, 1.54) is 4.68 Å². The summed E-state index contributed by atoms with van der Waals surface area (Å²) in [5.74, 6) is 1.61. The largest absolute Gasteiger partial charge is 0.493 e. The van der Waals surface area contributed by atoms with Gasteiger partial charge in [-0.1, -0.05) is 46.6 Å². The van der Waals surface area contributed by atoms with Crippen molar-refractivity contribution in [3.05, 3.63) is 94.3 Å². The summed E-state index contributed by atoms with van der Waals surface area (Å²) < 4.78 is 15.1. The number of benzene rings is 3. The molecular formula is C25H19Br3ClN3O3. The van der Waals surface area contributed by atoms with Crippen LogP contribution in [0.15, 0.2) is 71.8 Å². The third-order valence-corrected chi connectivity index (χ3v) is 8.06. The number of aromatic nitrogens is 2. The van der Waals surface area contributed by atoms with E-state index in [1.807, 2.05) is 43.3 Å². The molecule has 0 aliphatic rings. The first kappa shape index (κ1) is 25.9. The molecule has 0 spiro atoms. The molecule has 6 nitrogen and oxygen atoms in total. The molecule has 1 heterocycles. The first-order valence-electron chi connectivity index (χ1n) is 10.5. The van der Waals surface area contributed by atoms with Gasteiger partial charge in [-0.3, -0.25) is 4.79 Å². The second-order valence-corrected chi connectivity index (χ2v) is 10.4. The average Bonchev–Trinajstić information content (AvgIpc) is 2.86. The van der Waals surface area contributed by atoms with Crippen molar-refractivity contribution in [2.24, 2.45) is 5.10 Å². The maximum absolute atomic E-state index is 13.2. The highest BCUT2D eigenvalue weighted by molar-refractivity contribution is 9.13. The van der Waals surface area contributed by atoms with Crippen molar-refractivity contribution >= 4 is 76.5 Å². The molecule has 180 valence electrons. The van der Waals surface area contributed by atoms with Crippen molar-refractivity contribution in [2.75, 3.05) is 7.11 Å². The van der Waals surface area contributed by atoms with E-state index < -0.39 is 0 Å². The number of halogens is 4. The van der Waals surface area contributed by atoms with Crippen LogP contribution in [0.25, 0.3) is 10.9 Å². The quantitative estimate of drug-likeness (QED) is 0.191. The van der Waals surface area contributed by atoms with Gasteiger partial charge in [0, 0.05) is 26.0 Å². The van der Waals surface area contributed by atoms with Gasteiger partial charge in [0.25, 0.3) is 5.56 Å². The van der Waals surface area contributed by atoms with Gasteiger partial charge in [0.1, 0.15) is 12.4 Å². The highest BCUT2D eigenvalue weighted by Crippen LogP contribution is 2.42. The fraction of sp³-hybridized carbons (Fsp3) is 0.160. The van der Waals surface area contributed by atoms with Crippen LogP contribution in [-0.2, 0) is 13.0 Å². The van der Waals surface area contributed by atoms with Crippen molar-refractivity contribution in [2.45, 2.75) is 20.0 Å². The second kappa shape index (κ2) is 11.2. The topological polar surface area (TPSA) is 65.7 Å². The maximum Gasteiger partial charge on any atom is 0.282 e. The van der Waals surface area contributed by atoms with Gasteiger partial charge in [-0.05, 0) is 73.8 Å². The van der Waals surface area contributed by atoms with Gasteiger partial charge in [-0.15, -0.1) is 0 Å². The molecule has 4 aromatic rings. The van der Waals surface area contributed by atoms with Crippen LogP contribution < -0.4 is 15.0 Å². The maximum atomic E-state index is 13.2. The van der Waals surface area contributed by atoms with Crippen molar-refractivity contribution < 1.29 is 9.47 Å². The molecule has 0 bridgehead atoms. The van der Waals surface area contributed by atoms with Crippen molar-refractivity contribution in [3.63, 3.8) is 0 Å². The van der Waals surface area contributed by atoms with E-state index in [-0.39, 0.29) is 5.56 Å². The molecule has 0 saturated heterocycles. The Morgan fingerprint density at radius 1 is 1.09 bits per heavy atom. The van der Waals surface area contributed by atoms with E-state index in [2.05, 4.69) is 57.9 Å². The number of ether oxygens (including phenoxy) is 2. The summed E-state index contributed by atoms with van der Waals surface area (Å²) in [5.41, 5.74) is 2.05. The predicted octanol–water partition coefficient (Wildman–Crippen LogP) is 7.37. The zero-order valence-corrected chi connectivity index (χ0v) is 24.2. The minimum absolute atomic E-state index is 0.241. The minimum atomic E-state index is -0.241. The first-order valence-corrected chi connectivity index (χ1v) is 13.3. The summed E-state index contributed by atoms with van der Waals surface area (Å²) in [6.45, 7) is 2.26. The molecule has 0 N–H and O–H groups in total. The lowest BCUT2D eigenvalue weighted by Gasteiger charge is -2.15. The molecule has 0 atom stereocenters. The molecular weight excluding hydrogens is 665 g/mol. The van der Waals surface area contributed by atoms with Gasteiger partial charge in [0.2, 0.25) is 0 Å². The predicted molar refractivity (Wildman–Crippen MR) is 150 cm³/mol. The molecule has 1 aromatic heterocycles. The highest BCUT2D eigenvalue weighted by atomic mass is 79.9. The third kappa shape index (κ3) is 5.63. The van der Waals surface area contributed by atoms with Gasteiger partial charge in [0.15, 0.2) is 11.5 Å². The molecule has 0 saturated carbocycles. The summed E-state index contributed by atoms with van der Waals surface area (Å²) in [6.07, 6.45) is 2.14. The monoisotopic (exact) mass is 681 g/mol. The lowest BCUT2D eigenvalue weighted by molar-refractivity contribution is 0.282. The van der Waals surface area contributed by atoms with Crippen LogP contribution in [0, 0.1) is 0 Å². The SMILES string of the molecule is CCc1nc2ccc(Br)cc2c(=O)n1N=Cc1cc(OC)c(OCc2ccc(Cl)cc2)c(Br)c1Br. The Morgan fingerprint density at radius 3 is 2.51 bits per heavy atom.